The summed E-state index contributed by atoms with van der Waals surface area (Å²) in [6.45, 7) is 6.31. The zero-order valence-corrected chi connectivity index (χ0v) is 29.4. The number of hydrogen-bond acceptors (Lipinski definition) is 4. The van der Waals surface area contributed by atoms with Crippen molar-refractivity contribution in [2.24, 2.45) is 0 Å². The zero-order chi connectivity index (χ0) is 32.2. The molecule has 0 unspecified atom stereocenters. The van der Waals surface area contributed by atoms with E-state index in [1.807, 2.05) is 73.9 Å². The molecule has 0 aliphatic rings. The van der Waals surface area contributed by atoms with Gasteiger partial charge in [0.1, 0.15) is 0 Å². The van der Waals surface area contributed by atoms with E-state index >= 15 is 0 Å². The van der Waals surface area contributed by atoms with Crippen LogP contribution in [0.25, 0.3) is 55.7 Å². The van der Waals surface area contributed by atoms with Crippen LogP contribution in [-0.2, 0) is 26.5 Å². The maximum absolute atomic E-state index is 6.29. The monoisotopic (exact) mass is 800 g/mol. The summed E-state index contributed by atoms with van der Waals surface area (Å²) in [4.78, 5) is 13.9. The Balaban J connectivity index is 0.000000241. The number of rotatable bonds is 5. The molecule has 0 saturated heterocycles. The first-order valence-corrected chi connectivity index (χ1v) is 15.7. The number of aromatic nitrogens is 3. The van der Waals surface area contributed by atoms with E-state index < -0.39 is 0 Å². The smallest absolute Gasteiger partial charge is 0.216 e. The predicted octanol–water partition coefficient (Wildman–Crippen LogP) is 10.6. The Morgan fingerprint density at radius 3 is 2.10 bits per heavy atom. The first kappa shape index (κ1) is 32.7. The van der Waals surface area contributed by atoms with E-state index in [9.17, 15) is 0 Å². The van der Waals surface area contributed by atoms with Crippen LogP contribution in [0.5, 0.6) is 0 Å². The van der Waals surface area contributed by atoms with Gasteiger partial charge in [-0.1, -0.05) is 83.7 Å². The van der Waals surface area contributed by atoms with Crippen molar-refractivity contribution < 1.29 is 24.5 Å². The third-order valence-corrected chi connectivity index (χ3v) is 8.27. The minimum atomic E-state index is 0. The number of fused-ring (bicyclic) bond motifs is 3. The van der Waals surface area contributed by atoms with Crippen LogP contribution in [0.4, 0.5) is 0 Å². The normalized spacial score (nSPS) is 10.7. The van der Waals surface area contributed by atoms with Gasteiger partial charge in [0.2, 0.25) is 5.71 Å². The summed E-state index contributed by atoms with van der Waals surface area (Å²) in [6.07, 6.45) is 4.58. The molecule has 0 N–H and O–H groups in total. The van der Waals surface area contributed by atoms with Crippen LogP contribution in [-0.4, -0.2) is 15.0 Å². The molecule has 0 bridgehead atoms. The van der Waals surface area contributed by atoms with Crippen molar-refractivity contribution in [1.29, 1.82) is 0 Å². The molecule has 0 amide bonds. The molecule has 0 spiro atoms. The fourth-order valence-electron chi connectivity index (χ4n) is 5.89. The summed E-state index contributed by atoms with van der Waals surface area (Å²) >= 11 is 0. The van der Waals surface area contributed by atoms with Gasteiger partial charge >= 0.3 is 0 Å². The van der Waals surface area contributed by atoms with Gasteiger partial charge in [-0.15, -0.1) is 54.1 Å². The van der Waals surface area contributed by atoms with Gasteiger partial charge in [-0.05, 0) is 77.7 Å². The molecule has 48 heavy (non-hydrogen) atoms. The van der Waals surface area contributed by atoms with Crippen molar-refractivity contribution in [3.05, 3.63) is 174 Å². The van der Waals surface area contributed by atoms with Crippen LogP contribution >= 0.6 is 0 Å². The SMILES string of the molecule is Cc1ccc(-c2[c-]cccc2)nc1.Cc1cccc(C)c1-c1ccc(-c2[c-]ccc3c2oc2nc(Cc4ccccc4)ccc23)nc1.[Ir]. The maximum Gasteiger partial charge on any atom is 0.216 e. The molecule has 4 heterocycles. The first-order valence-electron chi connectivity index (χ1n) is 15.7. The standard InChI is InChI=1S/C31H23N2O.C12H10N.Ir/c1-20-8-6-9-21(2)29(20)23-14-17-28(32-19-23)27-13-7-12-25-26-16-15-24(33-31(26)34-30(25)27)18-22-10-4-3-5-11-22;1-10-7-8-12(13-9-10)11-5-3-2-4-6-11;/h3-12,14-17,19H,18H2,1-2H3;2-5,7-9H,1H3;/q2*-1;. The van der Waals surface area contributed by atoms with Crippen LogP contribution in [0.2, 0.25) is 0 Å². The summed E-state index contributed by atoms with van der Waals surface area (Å²) in [6, 6.07) is 47.5. The second-order valence-electron chi connectivity index (χ2n) is 11.7. The molecule has 0 atom stereocenters. The zero-order valence-electron chi connectivity index (χ0n) is 27.0. The summed E-state index contributed by atoms with van der Waals surface area (Å²) in [5.41, 5.74) is 13.4. The molecule has 1 radical (unpaired) electrons. The molecule has 4 aromatic carbocycles. The van der Waals surface area contributed by atoms with Crippen LogP contribution in [0, 0.1) is 32.9 Å². The van der Waals surface area contributed by atoms with Gasteiger partial charge < -0.3 is 14.4 Å². The van der Waals surface area contributed by atoms with Crippen LogP contribution in [0.15, 0.2) is 138 Å². The maximum atomic E-state index is 6.29. The Bertz CT molecular complexity index is 2260. The molecule has 0 aliphatic heterocycles. The second kappa shape index (κ2) is 14.7. The van der Waals surface area contributed by atoms with Gasteiger partial charge in [0.25, 0.3) is 0 Å². The number of aryl methyl sites for hydroxylation is 3. The van der Waals surface area contributed by atoms with Gasteiger partial charge in [0.15, 0.2) is 0 Å². The molecule has 4 aromatic heterocycles. The topological polar surface area (TPSA) is 51.8 Å². The van der Waals surface area contributed by atoms with E-state index in [0.717, 1.165) is 56.5 Å². The van der Waals surface area contributed by atoms with Gasteiger partial charge in [-0.25, -0.2) is 4.98 Å². The molecule has 0 aliphatic carbocycles. The fourth-order valence-corrected chi connectivity index (χ4v) is 5.89. The summed E-state index contributed by atoms with van der Waals surface area (Å²) in [5, 5.41) is 2.04. The Morgan fingerprint density at radius 1 is 0.625 bits per heavy atom. The van der Waals surface area contributed by atoms with Crippen LogP contribution < -0.4 is 0 Å². The van der Waals surface area contributed by atoms with Crippen molar-refractivity contribution in [3.63, 3.8) is 0 Å². The van der Waals surface area contributed by atoms with Crippen molar-refractivity contribution in [3.8, 4) is 33.6 Å². The van der Waals surface area contributed by atoms with E-state index in [4.69, 9.17) is 14.4 Å². The summed E-state index contributed by atoms with van der Waals surface area (Å²) in [7, 11) is 0. The average Bonchev–Trinajstić information content (AvgIpc) is 3.48. The first-order chi connectivity index (χ1) is 23.0. The van der Waals surface area contributed by atoms with Crippen molar-refractivity contribution >= 4 is 22.1 Å². The van der Waals surface area contributed by atoms with Crippen molar-refractivity contribution in [2.75, 3.05) is 0 Å². The molecule has 0 saturated carbocycles. The Morgan fingerprint density at radius 2 is 1.40 bits per heavy atom. The number of pyridine rings is 3. The van der Waals surface area contributed by atoms with Crippen LogP contribution in [0.3, 0.4) is 0 Å². The molecule has 4 nitrogen and oxygen atoms in total. The molecule has 8 rings (SSSR count). The van der Waals surface area contributed by atoms with E-state index in [-0.39, 0.29) is 20.1 Å². The number of nitrogens with zero attached hydrogens (tertiary/aromatic N) is 3. The number of hydrogen-bond donors (Lipinski definition) is 0. The largest absolute Gasteiger partial charge is 0.486 e. The van der Waals surface area contributed by atoms with E-state index in [1.54, 1.807) is 0 Å². The Labute approximate surface area is 294 Å². The van der Waals surface area contributed by atoms with Gasteiger partial charge in [-0.2, -0.15) is 0 Å². The number of furan rings is 1. The predicted molar refractivity (Wildman–Crippen MR) is 191 cm³/mol. The number of benzene rings is 4. The molecule has 0 fully saturated rings. The minimum absolute atomic E-state index is 0. The molecule has 8 aromatic rings. The second-order valence-corrected chi connectivity index (χ2v) is 11.7. The average molecular weight is 800 g/mol. The van der Waals surface area contributed by atoms with E-state index in [1.165, 1.54) is 27.8 Å². The van der Waals surface area contributed by atoms with Crippen molar-refractivity contribution in [2.45, 2.75) is 27.2 Å². The van der Waals surface area contributed by atoms with Gasteiger partial charge in [0, 0.05) is 50.0 Å². The molecule has 5 heteroatoms. The van der Waals surface area contributed by atoms with Crippen molar-refractivity contribution in [1.82, 2.24) is 15.0 Å². The fraction of sp³-hybridized carbons (Fsp3) is 0.0930. The molecular weight excluding hydrogens is 767 g/mol. The third-order valence-electron chi connectivity index (χ3n) is 8.27. The summed E-state index contributed by atoms with van der Waals surface area (Å²) < 4.78 is 6.29. The third kappa shape index (κ3) is 7.03. The molecule has 237 valence electrons. The minimum Gasteiger partial charge on any atom is -0.486 e. The van der Waals surface area contributed by atoms with Gasteiger partial charge in [0.05, 0.1) is 5.58 Å². The van der Waals surface area contributed by atoms with E-state index in [2.05, 4.69) is 97.7 Å². The Kier molecular flexibility index (Phi) is 10.0. The molecular formula is C43H33IrN3O-2. The Hall–Kier alpha value is -5.22. The van der Waals surface area contributed by atoms with Crippen LogP contribution in [0.1, 0.15) is 27.9 Å². The quantitative estimate of drug-likeness (QED) is 0.163. The van der Waals surface area contributed by atoms with Gasteiger partial charge in [-0.3, -0.25) is 0 Å². The van der Waals surface area contributed by atoms with E-state index in [0.29, 0.717) is 5.71 Å². The summed E-state index contributed by atoms with van der Waals surface area (Å²) in [5.74, 6) is 0.